The van der Waals surface area contributed by atoms with Gasteiger partial charge in [-0.2, -0.15) is 0 Å². The van der Waals surface area contributed by atoms with Gasteiger partial charge in [0.2, 0.25) is 0 Å². The van der Waals surface area contributed by atoms with E-state index in [0.29, 0.717) is 49.4 Å². The Morgan fingerprint density at radius 3 is 2.17 bits per heavy atom. The Morgan fingerprint density at radius 1 is 0.783 bits per heavy atom. The molecule has 2 heterocycles. The highest BCUT2D eigenvalue weighted by Gasteiger charge is 2.37. The summed E-state index contributed by atoms with van der Waals surface area (Å²) in [6.45, 7) is 11.6. The second kappa shape index (κ2) is 8.77. The third kappa shape index (κ3) is 4.45. The van der Waals surface area contributed by atoms with Gasteiger partial charge in [-0.3, -0.25) is 0 Å². The van der Waals surface area contributed by atoms with E-state index >= 15 is 0 Å². The zero-order valence-corrected chi connectivity index (χ0v) is 15.5. The van der Waals surface area contributed by atoms with E-state index in [9.17, 15) is 0 Å². The Labute approximate surface area is 140 Å². The number of hydrogen-bond donors (Lipinski definition) is 0. The van der Waals surface area contributed by atoms with Crippen LogP contribution in [0.15, 0.2) is 0 Å². The van der Waals surface area contributed by atoms with Crippen LogP contribution in [0.2, 0.25) is 0 Å². The van der Waals surface area contributed by atoms with Crippen molar-refractivity contribution in [1.29, 1.82) is 0 Å². The second-order valence-corrected chi connectivity index (χ2v) is 7.32. The van der Waals surface area contributed by atoms with Gasteiger partial charge in [0, 0.05) is 26.1 Å². The Kier molecular flexibility index (Phi) is 7.29. The van der Waals surface area contributed by atoms with Gasteiger partial charge in [0.15, 0.2) is 6.29 Å². The van der Waals surface area contributed by atoms with Gasteiger partial charge in [0.25, 0.3) is 0 Å². The van der Waals surface area contributed by atoms with E-state index in [2.05, 4.69) is 27.7 Å². The fraction of sp³-hybridized carbons (Fsp3) is 1.00. The SMILES string of the molecule is CO[C@@H]1OC[C@H](COC[C@@H]2OC[C@H](OC)[C@@H](C)C2C)[C@@H](C)C1C. The maximum atomic E-state index is 6.00. The van der Waals surface area contributed by atoms with Crippen molar-refractivity contribution in [3.05, 3.63) is 0 Å². The minimum Gasteiger partial charge on any atom is -0.379 e. The van der Waals surface area contributed by atoms with Crippen molar-refractivity contribution < 1.29 is 23.7 Å². The van der Waals surface area contributed by atoms with Gasteiger partial charge in [-0.05, 0) is 17.8 Å². The zero-order valence-electron chi connectivity index (χ0n) is 15.5. The lowest BCUT2D eigenvalue weighted by Gasteiger charge is -2.40. The first-order chi connectivity index (χ1) is 11.0. The summed E-state index contributed by atoms with van der Waals surface area (Å²) in [4.78, 5) is 0. The van der Waals surface area contributed by atoms with Crippen molar-refractivity contribution in [2.24, 2.45) is 29.6 Å². The van der Waals surface area contributed by atoms with E-state index in [-0.39, 0.29) is 18.5 Å². The van der Waals surface area contributed by atoms with E-state index < -0.39 is 0 Å². The van der Waals surface area contributed by atoms with Gasteiger partial charge in [-0.25, -0.2) is 0 Å². The average Bonchev–Trinajstić information content (AvgIpc) is 2.55. The molecule has 2 rings (SSSR count). The highest BCUT2D eigenvalue weighted by molar-refractivity contribution is 4.83. The third-order valence-corrected chi connectivity index (χ3v) is 6.10. The van der Waals surface area contributed by atoms with E-state index in [1.165, 1.54) is 0 Å². The minimum absolute atomic E-state index is 0.0882. The molecular formula is C18H34O5. The highest BCUT2D eigenvalue weighted by Crippen LogP contribution is 2.32. The molecule has 0 radical (unpaired) electrons. The normalized spacial score (nSPS) is 45.1. The summed E-state index contributed by atoms with van der Waals surface area (Å²) in [6.07, 6.45) is 0.259. The summed E-state index contributed by atoms with van der Waals surface area (Å²) in [5.41, 5.74) is 0. The van der Waals surface area contributed by atoms with Crippen LogP contribution in [0, 0.1) is 29.6 Å². The molecule has 2 saturated heterocycles. The number of ether oxygens (including phenoxy) is 5. The van der Waals surface area contributed by atoms with Crippen molar-refractivity contribution >= 4 is 0 Å². The van der Waals surface area contributed by atoms with E-state index in [4.69, 9.17) is 23.7 Å². The van der Waals surface area contributed by atoms with Crippen LogP contribution in [-0.2, 0) is 23.7 Å². The summed E-state index contributed by atoms with van der Waals surface area (Å²) in [7, 11) is 3.47. The van der Waals surface area contributed by atoms with Crippen LogP contribution in [-0.4, -0.2) is 59.1 Å². The third-order valence-electron chi connectivity index (χ3n) is 6.10. The summed E-state index contributed by atoms with van der Waals surface area (Å²) in [6, 6.07) is 0. The lowest BCUT2D eigenvalue weighted by Crippen LogP contribution is -2.46. The number of hydrogen-bond acceptors (Lipinski definition) is 5. The molecule has 2 fully saturated rings. The fourth-order valence-electron chi connectivity index (χ4n) is 3.70. The van der Waals surface area contributed by atoms with Crippen molar-refractivity contribution in [3.63, 3.8) is 0 Å². The molecular weight excluding hydrogens is 296 g/mol. The van der Waals surface area contributed by atoms with Crippen molar-refractivity contribution in [2.75, 3.05) is 40.6 Å². The second-order valence-electron chi connectivity index (χ2n) is 7.32. The van der Waals surface area contributed by atoms with Crippen LogP contribution in [0.25, 0.3) is 0 Å². The predicted octanol–water partition coefficient (Wildman–Crippen LogP) is 2.58. The summed E-state index contributed by atoms with van der Waals surface area (Å²) < 4.78 is 28.6. The fourth-order valence-corrected chi connectivity index (χ4v) is 3.70. The highest BCUT2D eigenvalue weighted by atomic mass is 16.7. The Morgan fingerprint density at radius 2 is 1.52 bits per heavy atom. The topological polar surface area (TPSA) is 46.2 Å². The van der Waals surface area contributed by atoms with Crippen LogP contribution in [0.4, 0.5) is 0 Å². The lowest BCUT2D eigenvalue weighted by atomic mass is 9.82. The minimum atomic E-state index is -0.0882. The van der Waals surface area contributed by atoms with Crippen LogP contribution in [0.5, 0.6) is 0 Å². The smallest absolute Gasteiger partial charge is 0.159 e. The van der Waals surface area contributed by atoms with Gasteiger partial charge in [0.1, 0.15) is 0 Å². The van der Waals surface area contributed by atoms with Crippen molar-refractivity contribution in [3.8, 4) is 0 Å². The molecule has 0 spiro atoms. The van der Waals surface area contributed by atoms with Crippen LogP contribution in [0.3, 0.4) is 0 Å². The first-order valence-electron chi connectivity index (χ1n) is 8.86. The van der Waals surface area contributed by atoms with Crippen LogP contribution < -0.4 is 0 Å². The zero-order chi connectivity index (χ0) is 17.0. The van der Waals surface area contributed by atoms with E-state index in [1.807, 2.05) is 0 Å². The molecule has 0 bridgehead atoms. The molecule has 0 saturated carbocycles. The molecule has 0 aromatic carbocycles. The molecule has 0 N–H and O–H groups in total. The number of rotatable bonds is 6. The van der Waals surface area contributed by atoms with Gasteiger partial charge in [0.05, 0.1) is 38.6 Å². The largest absolute Gasteiger partial charge is 0.379 e. The summed E-state index contributed by atoms with van der Waals surface area (Å²) in [5.74, 6) is 2.25. The molecule has 136 valence electrons. The molecule has 0 aromatic heterocycles. The van der Waals surface area contributed by atoms with E-state index in [1.54, 1.807) is 14.2 Å². The van der Waals surface area contributed by atoms with Gasteiger partial charge < -0.3 is 23.7 Å². The quantitative estimate of drug-likeness (QED) is 0.749. The van der Waals surface area contributed by atoms with Gasteiger partial charge in [-0.15, -0.1) is 0 Å². The number of methoxy groups -OCH3 is 2. The molecule has 0 aromatic rings. The molecule has 8 atom stereocenters. The predicted molar refractivity (Wildman–Crippen MR) is 88.3 cm³/mol. The average molecular weight is 330 g/mol. The Bertz CT molecular complexity index is 318. The molecule has 0 amide bonds. The molecule has 2 unspecified atom stereocenters. The monoisotopic (exact) mass is 330 g/mol. The molecule has 23 heavy (non-hydrogen) atoms. The van der Waals surface area contributed by atoms with Crippen molar-refractivity contribution in [1.82, 2.24) is 0 Å². The van der Waals surface area contributed by atoms with Crippen LogP contribution >= 0.6 is 0 Å². The van der Waals surface area contributed by atoms with Crippen LogP contribution in [0.1, 0.15) is 27.7 Å². The lowest BCUT2D eigenvalue weighted by molar-refractivity contribution is -0.214. The molecule has 5 heteroatoms. The summed E-state index contributed by atoms with van der Waals surface area (Å²) in [5, 5.41) is 0. The summed E-state index contributed by atoms with van der Waals surface area (Å²) >= 11 is 0. The maximum Gasteiger partial charge on any atom is 0.159 e. The van der Waals surface area contributed by atoms with E-state index in [0.717, 1.165) is 6.61 Å². The van der Waals surface area contributed by atoms with Gasteiger partial charge >= 0.3 is 0 Å². The first-order valence-corrected chi connectivity index (χ1v) is 8.86. The van der Waals surface area contributed by atoms with Gasteiger partial charge in [-0.1, -0.05) is 27.7 Å². The molecule has 2 aliphatic heterocycles. The molecule has 0 aliphatic carbocycles. The van der Waals surface area contributed by atoms with Crippen molar-refractivity contribution in [2.45, 2.75) is 46.2 Å². The Balaban J connectivity index is 1.75. The molecule has 2 aliphatic rings. The maximum absolute atomic E-state index is 6.00. The first kappa shape index (κ1) is 19.1. The molecule has 5 nitrogen and oxygen atoms in total. The standard InChI is InChI=1S/C18H34O5/c1-11-14(4)18(20-6)23-8-15(11)7-21-9-17-13(3)12(2)16(19-5)10-22-17/h11-18H,7-10H2,1-6H3/t11-,12-,13?,14?,15-,16-,17-,18+/m0/s1. The Hall–Kier alpha value is -0.200.